The summed E-state index contributed by atoms with van der Waals surface area (Å²) in [6, 6.07) is 15.6. The van der Waals surface area contributed by atoms with Crippen molar-refractivity contribution in [2.45, 2.75) is 10.9 Å². The molecular weight excluding hydrogens is 326 g/mol. The molecule has 6 nitrogen and oxygen atoms in total. The average molecular weight is 341 g/mol. The van der Waals surface area contributed by atoms with Gasteiger partial charge in [-0.05, 0) is 29.8 Å². The fraction of sp³-hybridized carbons (Fsp3) is 0.176. The molecule has 1 heterocycles. The SMILES string of the molecule is N#Cc1ccc(S(=O)(=O)N2CCNC(=O)C2c2ccccc2)cc1. The molecule has 24 heavy (non-hydrogen) atoms. The van der Waals surface area contributed by atoms with E-state index in [-0.39, 0.29) is 23.9 Å². The van der Waals surface area contributed by atoms with Crippen LogP contribution in [0, 0.1) is 11.3 Å². The molecule has 1 fully saturated rings. The zero-order chi connectivity index (χ0) is 17.2. The number of hydrogen-bond acceptors (Lipinski definition) is 4. The zero-order valence-electron chi connectivity index (χ0n) is 12.7. The van der Waals surface area contributed by atoms with Crippen molar-refractivity contribution in [2.24, 2.45) is 0 Å². The van der Waals surface area contributed by atoms with Gasteiger partial charge in [0.15, 0.2) is 0 Å². The Hall–Kier alpha value is -2.69. The van der Waals surface area contributed by atoms with Crippen molar-refractivity contribution in [1.29, 1.82) is 5.26 Å². The summed E-state index contributed by atoms with van der Waals surface area (Å²) in [4.78, 5) is 12.4. The molecule has 0 aliphatic carbocycles. The average Bonchev–Trinajstić information content (AvgIpc) is 2.62. The number of carbonyl (C=O) groups excluding carboxylic acids is 1. The lowest BCUT2D eigenvalue weighted by atomic mass is 10.1. The van der Waals surface area contributed by atoms with E-state index in [1.54, 1.807) is 24.3 Å². The number of nitriles is 1. The first-order valence-corrected chi connectivity index (χ1v) is 8.83. The third-order valence-corrected chi connectivity index (χ3v) is 5.75. The van der Waals surface area contributed by atoms with E-state index in [1.165, 1.54) is 28.6 Å². The maximum Gasteiger partial charge on any atom is 0.244 e. The molecule has 1 N–H and O–H groups in total. The summed E-state index contributed by atoms with van der Waals surface area (Å²) in [6.07, 6.45) is 0. The monoisotopic (exact) mass is 341 g/mol. The van der Waals surface area contributed by atoms with Crippen LogP contribution in [0.5, 0.6) is 0 Å². The number of hydrogen-bond donors (Lipinski definition) is 1. The highest BCUT2D eigenvalue weighted by molar-refractivity contribution is 7.89. The molecule has 1 amide bonds. The minimum atomic E-state index is -3.85. The molecule has 0 aromatic heterocycles. The minimum absolute atomic E-state index is 0.0668. The van der Waals surface area contributed by atoms with Gasteiger partial charge in [0, 0.05) is 13.1 Å². The lowest BCUT2D eigenvalue weighted by Gasteiger charge is -2.34. The van der Waals surface area contributed by atoms with Crippen LogP contribution in [-0.4, -0.2) is 31.7 Å². The van der Waals surface area contributed by atoms with E-state index in [4.69, 9.17) is 5.26 Å². The van der Waals surface area contributed by atoms with E-state index in [0.717, 1.165) is 0 Å². The highest BCUT2D eigenvalue weighted by atomic mass is 32.2. The van der Waals surface area contributed by atoms with Gasteiger partial charge in [-0.2, -0.15) is 9.57 Å². The quantitative estimate of drug-likeness (QED) is 0.914. The molecule has 0 bridgehead atoms. The molecule has 0 radical (unpaired) electrons. The van der Waals surface area contributed by atoms with Crippen LogP contribution < -0.4 is 5.32 Å². The van der Waals surface area contributed by atoms with Crippen molar-refractivity contribution in [3.63, 3.8) is 0 Å². The van der Waals surface area contributed by atoms with Gasteiger partial charge in [-0.15, -0.1) is 0 Å². The first-order valence-electron chi connectivity index (χ1n) is 7.39. The number of rotatable bonds is 3. The van der Waals surface area contributed by atoms with E-state index in [2.05, 4.69) is 5.32 Å². The Kier molecular flexibility index (Phi) is 4.34. The van der Waals surface area contributed by atoms with Gasteiger partial charge < -0.3 is 5.32 Å². The maximum atomic E-state index is 13.0. The van der Waals surface area contributed by atoms with E-state index in [1.807, 2.05) is 12.1 Å². The van der Waals surface area contributed by atoms with E-state index in [9.17, 15) is 13.2 Å². The fourth-order valence-corrected chi connectivity index (χ4v) is 4.27. The summed E-state index contributed by atoms with van der Waals surface area (Å²) in [6.45, 7) is 0.450. The van der Waals surface area contributed by atoms with Gasteiger partial charge in [-0.25, -0.2) is 8.42 Å². The van der Waals surface area contributed by atoms with Crippen molar-refractivity contribution in [3.8, 4) is 6.07 Å². The molecule has 1 unspecified atom stereocenters. The maximum absolute atomic E-state index is 13.0. The fourth-order valence-electron chi connectivity index (χ4n) is 2.69. The second-order valence-corrected chi connectivity index (χ2v) is 7.25. The standard InChI is InChI=1S/C17H15N3O3S/c18-12-13-6-8-15(9-7-13)24(22,23)20-11-10-19-17(21)16(20)14-4-2-1-3-5-14/h1-9,16H,10-11H2,(H,19,21). The molecule has 1 aliphatic rings. The first-order chi connectivity index (χ1) is 11.5. The Labute approximate surface area is 140 Å². The summed E-state index contributed by atoms with van der Waals surface area (Å²) in [5.74, 6) is -0.343. The Morgan fingerprint density at radius 2 is 1.75 bits per heavy atom. The molecule has 2 aromatic carbocycles. The largest absolute Gasteiger partial charge is 0.353 e. The van der Waals surface area contributed by atoms with E-state index < -0.39 is 16.1 Å². The van der Waals surface area contributed by atoms with Crippen molar-refractivity contribution >= 4 is 15.9 Å². The summed E-state index contributed by atoms with van der Waals surface area (Å²) in [5, 5.41) is 11.6. The Morgan fingerprint density at radius 1 is 1.08 bits per heavy atom. The van der Waals surface area contributed by atoms with Gasteiger partial charge in [0.25, 0.3) is 0 Å². The summed E-state index contributed by atoms with van der Waals surface area (Å²) in [7, 11) is -3.85. The molecule has 122 valence electrons. The number of nitrogens with one attached hydrogen (secondary N) is 1. The smallest absolute Gasteiger partial charge is 0.244 e. The first kappa shape index (κ1) is 16.2. The third-order valence-electron chi connectivity index (χ3n) is 3.87. The second-order valence-electron chi connectivity index (χ2n) is 5.36. The van der Waals surface area contributed by atoms with Crippen LogP contribution in [-0.2, 0) is 14.8 Å². The molecule has 1 saturated heterocycles. The molecule has 7 heteroatoms. The predicted octanol–water partition coefficient (Wildman–Crippen LogP) is 1.42. The zero-order valence-corrected chi connectivity index (χ0v) is 13.5. The Bertz CT molecular complexity index is 887. The van der Waals surface area contributed by atoms with Gasteiger partial charge in [0.2, 0.25) is 15.9 Å². The Balaban J connectivity index is 2.03. The van der Waals surface area contributed by atoms with Crippen molar-refractivity contribution in [2.75, 3.05) is 13.1 Å². The number of sulfonamides is 1. The molecule has 1 atom stereocenters. The van der Waals surface area contributed by atoms with Crippen LogP contribution in [0.4, 0.5) is 0 Å². The Morgan fingerprint density at radius 3 is 2.38 bits per heavy atom. The number of piperazine rings is 1. The molecule has 0 spiro atoms. The van der Waals surface area contributed by atoms with E-state index in [0.29, 0.717) is 11.1 Å². The highest BCUT2D eigenvalue weighted by Crippen LogP contribution is 2.29. The molecule has 0 saturated carbocycles. The van der Waals surface area contributed by atoms with Crippen molar-refractivity contribution in [1.82, 2.24) is 9.62 Å². The normalized spacial score (nSPS) is 18.6. The van der Waals surface area contributed by atoms with Crippen LogP contribution in [0.3, 0.4) is 0 Å². The van der Waals surface area contributed by atoms with Crippen LogP contribution in [0.15, 0.2) is 59.5 Å². The van der Waals surface area contributed by atoms with E-state index >= 15 is 0 Å². The molecule has 2 aromatic rings. The van der Waals surface area contributed by atoms with Crippen LogP contribution in [0.1, 0.15) is 17.2 Å². The van der Waals surface area contributed by atoms with Crippen LogP contribution in [0.2, 0.25) is 0 Å². The lowest BCUT2D eigenvalue weighted by molar-refractivity contribution is -0.126. The van der Waals surface area contributed by atoms with Crippen LogP contribution in [0.25, 0.3) is 0 Å². The third kappa shape index (κ3) is 2.89. The molecule has 1 aliphatic heterocycles. The number of nitrogens with zero attached hydrogens (tertiary/aromatic N) is 2. The van der Waals surface area contributed by atoms with Gasteiger partial charge in [-0.1, -0.05) is 30.3 Å². The molecule has 3 rings (SSSR count). The lowest BCUT2D eigenvalue weighted by Crippen LogP contribution is -2.52. The second kappa shape index (κ2) is 6.43. The number of carbonyl (C=O) groups is 1. The molecular formula is C17H15N3O3S. The number of amides is 1. The minimum Gasteiger partial charge on any atom is -0.353 e. The summed E-state index contributed by atoms with van der Waals surface area (Å²) >= 11 is 0. The van der Waals surface area contributed by atoms with Crippen molar-refractivity contribution < 1.29 is 13.2 Å². The van der Waals surface area contributed by atoms with Crippen LogP contribution >= 0.6 is 0 Å². The van der Waals surface area contributed by atoms with Crippen molar-refractivity contribution in [3.05, 3.63) is 65.7 Å². The van der Waals surface area contributed by atoms with Gasteiger partial charge >= 0.3 is 0 Å². The van der Waals surface area contributed by atoms with Gasteiger partial charge in [-0.3, -0.25) is 4.79 Å². The van der Waals surface area contributed by atoms with Gasteiger partial charge in [0.1, 0.15) is 6.04 Å². The predicted molar refractivity (Wildman–Crippen MR) is 87.2 cm³/mol. The number of benzene rings is 2. The highest BCUT2D eigenvalue weighted by Gasteiger charge is 2.39. The summed E-state index contributed by atoms with van der Waals surface area (Å²) < 4.78 is 27.2. The van der Waals surface area contributed by atoms with Gasteiger partial charge in [0.05, 0.1) is 16.5 Å². The summed E-state index contributed by atoms with van der Waals surface area (Å²) in [5.41, 5.74) is 0.997. The topological polar surface area (TPSA) is 90.3 Å².